The monoisotopic (exact) mass is 286 g/mol. The van der Waals surface area contributed by atoms with Gasteiger partial charge in [-0.25, -0.2) is 0 Å². The van der Waals surface area contributed by atoms with Gasteiger partial charge in [0.25, 0.3) is 0 Å². The lowest BCUT2D eigenvalue weighted by atomic mass is 10.1. The van der Waals surface area contributed by atoms with E-state index in [9.17, 15) is 22.8 Å². The Kier molecular flexibility index (Phi) is 3.69. The molecule has 4 nitrogen and oxygen atoms in total. The number of carbonyl (C=O) groups excluding carboxylic acids is 2. The number of benzene rings is 1. The summed E-state index contributed by atoms with van der Waals surface area (Å²) in [7, 11) is 0. The summed E-state index contributed by atoms with van der Waals surface area (Å²) in [4.78, 5) is 22.7. The zero-order chi connectivity index (χ0) is 14.9. The van der Waals surface area contributed by atoms with Crippen LogP contribution in [0.25, 0.3) is 0 Å². The normalized spacial score (nSPS) is 14.8. The Balaban J connectivity index is 2.31. The molecule has 0 bridgehead atoms. The molecule has 1 aromatic carbocycles. The van der Waals surface area contributed by atoms with Crippen LogP contribution < -0.4 is 10.6 Å². The number of amides is 2. The van der Waals surface area contributed by atoms with Crippen LogP contribution in [0.15, 0.2) is 18.2 Å². The van der Waals surface area contributed by atoms with Crippen molar-refractivity contribution in [3.05, 3.63) is 23.8 Å². The fourth-order valence-electron chi connectivity index (χ4n) is 1.70. The Hall–Kier alpha value is -2.05. The minimum absolute atomic E-state index is 0.0353. The first kappa shape index (κ1) is 14.4. The minimum atomic E-state index is -4.51. The van der Waals surface area contributed by atoms with Crippen molar-refractivity contribution >= 4 is 23.2 Å². The van der Waals surface area contributed by atoms with Crippen molar-refractivity contribution in [2.75, 3.05) is 10.6 Å². The summed E-state index contributed by atoms with van der Waals surface area (Å²) in [5.74, 6) is -0.891. The molecular weight excluding hydrogens is 273 g/mol. The maximum atomic E-state index is 12.7. The summed E-state index contributed by atoms with van der Waals surface area (Å²) in [5, 5.41) is 4.83. The maximum Gasteiger partial charge on any atom is 0.416 e. The molecule has 108 valence electrons. The largest absolute Gasteiger partial charge is 0.416 e. The highest BCUT2D eigenvalue weighted by Gasteiger charge is 2.33. The average Bonchev–Trinajstić information content (AvgIpc) is 3.13. The third-order valence-corrected chi connectivity index (χ3v) is 2.86. The maximum absolute atomic E-state index is 12.7. The average molecular weight is 286 g/mol. The van der Waals surface area contributed by atoms with Crippen LogP contribution in [-0.2, 0) is 15.8 Å². The second kappa shape index (κ2) is 5.15. The number of anilines is 2. The molecule has 20 heavy (non-hydrogen) atoms. The summed E-state index contributed by atoms with van der Waals surface area (Å²) >= 11 is 0. The molecule has 1 aliphatic carbocycles. The number of nitrogens with one attached hydrogen (secondary N) is 2. The second-order valence-electron chi connectivity index (χ2n) is 4.70. The van der Waals surface area contributed by atoms with Gasteiger partial charge in [-0.3, -0.25) is 9.59 Å². The van der Waals surface area contributed by atoms with E-state index in [1.165, 1.54) is 6.92 Å². The van der Waals surface area contributed by atoms with Crippen LogP contribution in [0.5, 0.6) is 0 Å². The Labute approximate surface area is 113 Å². The molecule has 1 aliphatic rings. The first-order valence-corrected chi connectivity index (χ1v) is 6.07. The van der Waals surface area contributed by atoms with Crippen LogP contribution in [0, 0.1) is 5.92 Å². The number of hydrogen-bond donors (Lipinski definition) is 2. The van der Waals surface area contributed by atoms with Gasteiger partial charge in [-0.1, -0.05) is 0 Å². The molecule has 2 amide bonds. The van der Waals surface area contributed by atoms with Crippen LogP contribution in [0.3, 0.4) is 0 Å². The molecular formula is C13H13F3N2O2. The molecule has 0 unspecified atom stereocenters. The number of carbonyl (C=O) groups is 2. The predicted molar refractivity (Wildman–Crippen MR) is 67.1 cm³/mol. The van der Waals surface area contributed by atoms with Gasteiger partial charge in [-0.2, -0.15) is 13.2 Å². The fourth-order valence-corrected chi connectivity index (χ4v) is 1.70. The van der Waals surface area contributed by atoms with Crippen molar-refractivity contribution in [3.63, 3.8) is 0 Å². The molecule has 1 fully saturated rings. The minimum Gasteiger partial charge on any atom is -0.325 e. The quantitative estimate of drug-likeness (QED) is 0.897. The van der Waals surface area contributed by atoms with E-state index in [0.717, 1.165) is 31.0 Å². The van der Waals surface area contributed by atoms with E-state index < -0.39 is 17.6 Å². The highest BCUT2D eigenvalue weighted by molar-refractivity contribution is 6.00. The van der Waals surface area contributed by atoms with E-state index >= 15 is 0 Å². The lowest BCUT2D eigenvalue weighted by Crippen LogP contribution is -2.17. The van der Waals surface area contributed by atoms with Crippen molar-refractivity contribution in [2.45, 2.75) is 25.9 Å². The molecule has 0 spiro atoms. The first-order chi connectivity index (χ1) is 9.27. The first-order valence-electron chi connectivity index (χ1n) is 6.07. The lowest BCUT2D eigenvalue weighted by molar-refractivity contribution is -0.137. The van der Waals surface area contributed by atoms with Gasteiger partial charge in [-0.05, 0) is 31.0 Å². The summed E-state index contributed by atoms with van der Waals surface area (Å²) < 4.78 is 38.0. The van der Waals surface area contributed by atoms with Gasteiger partial charge in [0.2, 0.25) is 11.8 Å². The summed E-state index contributed by atoms with van der Waals surface area (Å²) in [6.45, 7) is 1.24. The Bertz CT molecular complexity index is 551. The van der Waals surface area contributed by atoms with Crippen molar-refractivity contribution < 1.29 is 22.8 Å². The van der Waals surface area contributed by atoms with Gasteiger partial charge in [0, 0.05) is 12.8 Å². The fraction of sp³-hybridized carbons (Fsp3) is 0.385. The van der Waals surface area contributed by atoms with E-state index in [2.05, 4.69) is 10.6 Å². The Morgan fingerprint density at radius 2 is 1.80 bits per heavy atom. The standard InChI is InChI=1S/C13H13F3N2O2/c1-7(19)17-10-5-4-9(13(14,15)16)6-11(10)18-12(20)8-2-3-8/h4-6,8H,2-3H2,1H3,(H,17,19)(H,18,20). The zero-order valence-corrected chi connectivity index (χ0v) is 10.7. The molecule has 0 saturated heterocycles. The Morgan fingerprint density at radius 3 is 2.30 bits per heavy atom. The molecule has 0 atom stereocenters. The number of rotatable bonds is 3. The molecule has 1 saturated carbocycles. The van der Waals surface area contributed by atoms with Crippen LogP contribution in [0.1, 0.15) is 25.3 Å². The third-order valence-electron chi connectivity index (χ3n) is 2.86. The van der Waals surface area contributed by atoms with Crippen LogP contribution >= 0.6 is 0 Å². The van der Waals surface area contributed by atoms with Gasteiger partial charge in [0.05, 0.1) is 16.9 Å². The van der Waals surface area contributed by atoms with E-state index in [0.29, 0.717) is 0 Å². The van der Waals surface area contributed by atoms with Crippen LogP contribution in [0.2, 0.25) is 0 Å². The number of halogens is 3. The number of alkyl halides is 3. The van der Waals surface area contributed by atoms with Crippen LogP contribution in [0.4, 0.5) is 24.5 Å². The van der Waals surface area contributed by atoms with E-state index in [4.69, 9.17) is 0 Å². The van der Waals surface area contributed by atoms with Crippen molar-refractivity contribution in [3.8, 4) is 0 Å². The van der Waals surface area contributed by atoms with Gasteiger partial charge in [0.15, 0.2) is 0 Å². The topological polar surface area (TPSA) is 58.2 Å². The lowest BCUT2D eigenvalue weighted by Gasteiger charge is -2.14. The molecule has 2 rings (SSSR count). The van der Waals surface area contributed by atoms with E-state index in [-0.39, 0.29) is 23.2 Å². The molecule has 0 heterocycles. The summed E-state index contributed by atoms with van der Waals surface area (Å²) in [5.41, 5.74) is -0.760. The van der Waals surface area contributed by atoms with E-state index in [1.54, 1.807) is 0 Å². The SMILES string of the molecule is CC(=O)Nc1ccc(C(F)(F)F)cc1NC(=O)C1CC1. The molecule has 1 aromatic rings. The summed E-state index contributed by atoms with van der Waals surface area (Å²) in [6.07, 6.45) is -3.03. The van der Waals surface area contributed by atoms with Gasteiger partial charge in [-0.15, -0.1) is 0 Å². The number of hydrogen-bond acceptors (Lipinski definition) is 2. The van der Waals surface area contributed by atoms with Gasteiger partial charge >= 0.3 is 6.18 Å². The molecule has 0 aromatic heterocycles. The molecule has 7 heteroatoms. The van der Waals surface area contributed by atoms with Crippen LogP contribution in [-0.4, -0.2) is 11.8 Å². The highest BCUT2D eigenvalue weighted by Crippen LogP contribution is 2.36. The van der Waals surface area contributed by atoms with Gasteiger partial charge < -0.3 is 10.6 Å². The second-order valence-corrected chi connectivity index (χ2v) is 4.70. The highest BCUT2D eigenvalue weighted by atomic mass is 19.4. The Morgan fingerprint density at radius 1 is 1.15 bits per heavy atom. The molecule has 0 radical (unpaired) electrons. The van der Waals surface area contributed by atoms with E-state index in [1.807, 2.05) is 0 Å². The van der Waals surface area contributed by atoms with Crippen molar-refractivity contribution in [2.24, 2.45) is 5.92 Å². The predicted octanol–water partition coefficient (Wildman–Crippen LogP) is 3.01. The zero-order valence-electron chi connectivity index (χ0n) is 10.7. The third kappa shape index (κ3) is 3.49. The summed E-state index contributed by atoms with van der Waals surface area (Å²) in [6, 6.07) is 2.82. The van der Waals surface area contributed by atoms with Gasteiger partial charge in [0.1, 0.15) is 0 Å². The molecule has 2 N–H and O–H groups in total. The molecule has 0 aliphatic heterocycles. The van der Waals surface area contributed by atoms with Crippen molar-refractivity contribution in [1.29, 1.82) is 0 Å². The smallest absolute Gasteiger partial charge is 0.325 e. The van der Waals surface area contributed by atoms with Crippen molar-refractivity contribution in [1.82, 2.24) is 0 Å².